The molecular formula is C14H21FN2O3S. The van der Waals surface area contributed by atoms with E-state index in [-0.39, 0.29) is 5.75 Å². The van der Waals surface area contributed by atoms with Gasteiger partial charge < -0.3 is 5.11 Å². The number of β-amino-alcohol motifs (C(OH)–C–C–N with tert-alkyl or cyclic N) is 1. The minimum Gasteiger partial charge on any atom is -0.392 e. The molecule has 0 saturated carbocycles. The van der Waals surface area contributed by atoms with Crippen molar-refractivity contribution in [3.63, 3.8) is 0 Å². The minimum atomic E-state index is -3.43. The van der Waals surface area contributed by atoms with E-state index in [1.54, 1.807) is 13.0 Å². The predicted octanol–water partition coefficient (Wildman–Crippen LogP) is 0.654. The second kappa shape index (κ2) is 6.83. The number of sulfonamides is 1. The highest BCUT2D eigenvalue weighted by Gasteiger charge is 2.27. The Balaban J connectivity index is 1.95. The maximum atomic E-state index is 13.1. The number of benzene rings is 1. The van der Waals surface area contributed by atoms with Gasteiger partial charge in [-0.25, -0.2) is 12.8 Å². The summed E-state index contributed by atoms with van der Waals surface area (Å²) in [5.41, 5.74) is 0.460. The highest BCUT2D eigenvalue weighted by Crippen LogP contribution is 2.14. The van der Waals surface area contributed by atoms with Crippen LogP contribution in [0.25, 0.3) is 0 Å². The van der Waals surface area contributed by atoms with Crippen molar-refractivity contribution in [1.29, 1.82) is 0 Å². The summed E-state index contributed by atoms with van der Waals surface area (Å²) in [6.45, 7) is 4.29. The molecule has 1 aromatic carbocycles. The first kappa shape index (κ1) is 16.4. The van der Waals surface area contributed by atoms with Crippen LogP contribution >= 0.6 is 0 Å². The average molecular weight is 316 g/mol. The van der Waals surface area contributed by atoms with Crippen molar-refractivity contribution in [3.05, 3.63) is 35.6 Å². The number of rotatable bonds is 5. The van der Waals surface area contributed by atoms with Crippen LogP contribution in [0.15, 0.2) is 24.3 Å². The molecule has 5 nitrogen and oxygen atoms in total. The van der Waals surface area contributed by atoms with E-state index in [2.05, 4.69) is 0 Å². The van der Waals surface area contributed by atoms with Crippen molar-refractivity contribution < 1.29 is 17.9 Å². The van der Waals surface area contributed by atoms with Crippen molar-refractivity contribution in [2.75, 3.05) is 32.7 Å². The van der Waals surface area contributed by atoms with E-state index >= 15 is 0 Å². The summed E-state index contributed by atoms with van der Waals surface area (Å²) < 4.78 is 39.2. The number of nitrogens with zero attached hydrogens (tertiary/aromatic N) is 2. The second-order valence-corrected chi connectivity index (χ2v) is 7.40. The zero-order valence-corrected chi connectivity index (χ0v) is 12.9. The molecule has 1 aliphatic heterocycles. The standard InChI is InChI=1S/C14H21FN2O3S/c1-12(18)10-16-5-7-17(8-6-16)21(19,20)11-13-3-2-4-14(15)9-13/h2-4,9,12,18H,5-8,10-11H2,1H3/t12-/m1/s1. The number of halogens is 1. The van der Waals surface area contributed by atoms with E-state index in [1.807, 2.05) is 4.90 Å². The number of aliphatic hydroxyl groups is 1. The van der Waals surface area contributed by atoms with Crippen LogP contribution in [0.1, 0.15) is 12.5 Å². The van der Waals surface area contributed by atoms with E-state index in [0.717, 1.165) is 0 Å². The molecule has 1 N–H and O–H groups in total. The summed E-state index contributed by atoms with van der Waals surface area (Å²) in [5, 5.41) is 9.34. The van der Waals surface area contributed by atoms with Crippen LogP contribution in [-0.2, 0) is 15.8 Å². The Labute approximate surface area is 125 Å². The average Bonchev–Trinajstić information content (AvgIpc) is 2.38. The highest BCUT2D eigenvalue weighted by atomic mass is 32.2. The maximum Gasteiger partial charge on any atom is 0.218 e. The molecule has 2 rings (SSSR count). The van der Waals surface area contributed by atoms with E-state index in [4.69, 9.17) is 0 Å². The summed E-state index contributed by atoms with van der Waals surface area (Å²) in [5.74, 6) is -0.606. The van der Waals surface area contributed by atoms with E-state index < -0.39 is 21.9 Å². The highest BCUT2D eigenvalue weighted by molar-refractivity contribution is 7.88. The van der Waals surface area contributed by atoms with Crippen LogP contribution in [-0.4, -0.2) is 61.6 Å². The largest absolute Gasteiger partial charge is 0.392 e. The number of hydrogen-bond acceptors (Lipinski definition) is 4. The molecular weight excluding hydrogens is 295 g/mol. The fourth-order valence-electron chi connectivity index (χ4n) is 2.49. The van der Waals surface area contributed by atoms with Gasteiger partial charge in [0.25, 0.3) is 0 Å². The predicted molar refractivity (Wildman–Crippen MR) is 78.7 cm³/mol. The molecule has 1 fully saturated rings. The van der Waals surface area contributed by atoms with Crippen molar-refractivity contribution in [1.82, 2.24) is 9.21 Å². The lowest BCUT2D eigenvalue weighted by Crippen LogP contribution is -2.50. The van der Waals surface area contributed by atoms with Crippen LogP contribution in [0.5, 0.6) is 0 Å². The van der Waals surface area contributed by atoms with Crippen molar-refractivity contribution >= 4 is 10.0 Å². The Morgan fingerprint density at radius 1 is 1.29 bits per heavy atom. The maximum absolute atomic E-state index is 13.1. The van der Waals surface area contributed by atoms with Gasteiger partial charge in [-0.2, -0.15) is 4.31 Å². The molecule has 0 unspecified atom stereocenters. The van der Waals surface area contributed by atoms with Crippen molar-refractivity contribution in [2.45, 2.75) is 18.8 Å². The number of aliphatic hydroxyl groups excluding tert-OH is 1. The van der Waals surface area contributed by atoms with Gasteiger partial charge in [-0.15, -0.1) is 0 Å². The molecule has 1 aromatic rings. The van der Waals surface area contributed by atoms with Gasteiger partial charge in [-0.3, -0.25) is 4.90 Å². The third-order valence-corrected chi connectivity index (χ3v) is 5.34. The fourth-order valence-corrected chi connectivity index (χ4v) is 4.00. The van der Waals surface area contributed by atoms with Gasteiger partial charge in [0.15, 0.2) is 0 Å². The molecule has 0 bridgehead atoms. The van der Waals surface area contributed by atoms with Gasteiger partial charge in [-0.1, -0.05) is 12.1 Å². The molecule has 21 heavy (non-hydrogen) atoms. The van der Waals surface area contributed by atoms with Crippen molar-refractivity contribution in [3.8, 4) is 0 Å². The molecule has 1 saturated heterocycles. The van der Waals surface area contributed by atoms with Gasteiger partial charge in [0.05, 0.1) is 11.9 Å². The third-order valence-electron chi connectivity index (χ3n) is 3.49. The summed E-state index contributed by atoms with van der Waals surface area (Å²) in [6.07, 6.45) is -0.416. The Bertz CT molecular complexity index is 569. The molecule has 1 atom stereocenters. The van der Waals surface area contributed by atoms with E-state index in [9.17, 15) is 17.9 Å². The zero-order chi connectivity index (χ0) is 15.5. The lowest BCUT2D eigenvalue weighted by molar-refractivity contribution is 0.103. The molecule has 0 spiro atoms. The Hall–Kier alpha value is -1.02. The van der Waals surface area contributed by atoms with Crippen LogP contribution in [0.3, 0.4) is 0 Å². The van der Waals surface area contributed by atoms with Gasteiger partial charge in [-0.05, 0) is 24.6 Å². The molecule has 7 heteroatoms. The fraction of sp³-hybridized carbons (Fsp3) is 0.571. The Morgan fingerprint density at radius 3 is 2.52 bits per heavy atom. The monoisotopic (exact) mass is 316 g/mol. The van der Waals surface area contributed by atoms with Gasteiger partial charge in [0.2, 0.25) is 10.0 Å². The normalized spacial score (nSPS) is 19.6. The molecule has 1 aliphatic rings. The Morgan fingerprint density at radius 2 is 1.95 bits per heavy atom. The SMILES string of the molecule is C[C@@H](O)CN1CCN(S(=O)(=O)Cc2cccc(F)c2)CC1. The first-order chi connectivity index (χ1) is 9.87. The first-order valence-electron chi connectivity index (χ1n) is 6.99. The number of piperazine rings is 1. The lowest BCUT2D eigenvalue weighted by Gasteiger charge is -2.34. The molecule has 1 heterocycles. The smallest absolute Gasteiger partial charge is 0.218 e. The second-order valence-electron chi connectivity index (χ2n) is 5.43. The summed E-state index contributed by atoms with van der Waals surface area (Å²) >= 11 is 0. The third kappa shape index (κ3) is 4.74. The summed E-state index contributed by atoms with van der Waals surface area (Å²) in [4.78, 5) is 2.04. The molecule has 118 valence electrons. The topological polar surface area (TPSA) is 60.9 Å². The minimum absolute atomic E-state index is 0.179. The van der Waals surface area contributed by atoms with Gasteiger partial charge >= 0.3 is 0 Å². The molecule has 0 aliphatic carbocycles. The Kier molecular flexibility index (Phi) is 5.32. The van der Waals surface area contributed by atoms with Crippen molar-refractivity contribution in [2.24, 2.45) is 0 Å². The zero-order valence-electron chi connectivity index (χ0n) is 12.1. The van der Waals surface area contributed by atoms with Crippen LogP contribution in [0, 0.1) is 5.82 Å². The lowest BCUT2D eigenvalue weighted by atomic mass is 10.2. The van der Waals surface area contributed by atoms with Crippen LogP contribution in [0.2, 0.25) is 0 Å². The van der Waals surface area contributed by atoms with Crippen LogP contribution in [0.4, 0.5) is 4.39 Å². The number of hydrogen-bond donors (Lipinski definition) is 1. The molecule has 0 radical (unpaired) electrons. The van der Waals surface area contributed by atoms with Crippen LogP contribution < -0.4 is 0 Å². The molecule has 0 aromatic heterocycles. The van der Waals surface area contributed by atoms with Gasteiger partial charge in [0.1, 0.15) is 5.82 Å². The van der Waals surface area contributed by atoms with E-state index in [0.29, 0.717) is 38.3 Å². The quantitative estimate of drug-likeness (QED) is 0.867. The first-order valence-corrected chi connectivity index (χ1v) is 8.60. The summed E-state index contributed by atoms with van der Waals surface area (Å²) in [7, 11) is -3.43. The van der Waals surface area contributed by atoms with E-state index in [1.165, 1.54) is 22.5 Å². The summed E-state index contributed by atoms with van der Waals surface area (Å²) in [6, 6.07) is 5.68. The molecule has 0 amide bonds. The van der Waals surface area contributed by atoms with Gasteiger partial charge in [0, 0.05) is 32.7 Å².